The van der Waals surface area contributed by atoms with E-state index in [1.54, 1.807) is 0 Å². The fourth-order valence-corrected chi connectivity index (χ4v) is 3.85. The van der Waals surface area contributed by atoms with Crippen LogP contribution in [0.25, 0.3) is 0 Å². The average Bonchev–Trinajstić information content (AvgIpc) is 2.93. The molecule has 1 saturated heterocycles. The van der Waals surface area contributed by atoms with Gasteiger partial charge in [0, 0.05) is 25.4 Å². The first-order chi connectivity index (χ1) is 8.78. The zero-order valence-corrected chi connectivity index (χ0v) is 12.5. The lowest BCUT2D eigenvalue weighted by molar-refractivity contribution is 0.105. The number of nitrogens with zero attached hydrogens (tertiary/aromatic N) is 1. The Hall–Kier alpha value is -0.220. The second kappa shape index (κ2) is 6.80. The van der Waals surface area contributed by atoms with Crippen LogP contribution in [-0.4, -0.2) is 36.7 Å². The quantitative estimate of drug-likeness (QED) is 0.833. The van der Waals surface area contributed by atoms with Crippen LogP contribution >= 0.6 is 11.8 Å². The van der Waals surface area contributed by atoms with Crippen molar-refractivity contribution in [3.63, 3.8) is 0 Å². The second-order valence-electron chi connectivity index (χ2n) is 5.47. The number of rotatable bonds is 5. The standard InChI is InChI=1S/C14H26N2OS/c1-3-14(4-2)10-16-13(18-11-14)15-8-7-12-6-5-9-17-12/h12H,3-11H2,1-2H3,(H,15,16). The first kappa shape index (κ1) is 14.2. The predicted octanol–water partition coefficient (Wildman–Crippen LogP) is 3.05. The molecule has 18 heavy (non-hydrogen) atoms. The van der Waals surface area contributed by atoms with Gasteiger partial charge in [-0.05, 0) is 37.5 Å². The summed E-state index contributed by atoms with van der Waals surface area (Å²) in [5.74, 6) is 1.21. The monoisotopic (exact) mass is 270 g/mol. The summed E-state index contributed by atoms with van der Waals surface area (Å²) >= 11 is 1.90. The molecule has 0 aromatic carbocycles. The maximum absolute atomic E-state index is 5.62. The van der Waals surface area contributed by atoms with Crippen LogP contribution < -0.4 is 5.32 Å². The summed E-state index contributed by atoms with van der Waals surface area (Å²) in [6.45, 7) is 7.53. The van der Waals surface area contributed by atoms with E-state index in [1.807, 2.05) is 11.8 Å². The fraction of sp³-hybridized carbons (Fsp3) is 0.929. The molecule has 104 valence electrons. The van der Waals surface area contributed by atoms with Crippen LogP contribution in [0.2, 0.25) is 0 Å². The maximum atomic E-state index is 5.62. The third kappa shape index (κ3) is 3.64. The average molecular weight is 270 g/mol. The molecule has 2 aliphatic rings. The lowest BCUT2D eigenvalue weighted by Crippen LogP contribution is -2.35. The van der Waals surface area contributed by atoms with E-state index in [-0.39, 0.29) is 0 Å². The van der Waals surface area contributed by atoms with Crippen LogP contribution in [0.15, 0.2) is 4.99 Å². The molecule has 0 radical (unpaired) electrons. The summed E-state index contributed by atoms with van der Waals surface area (Å²) in [5.41, 5.74) is 0.449. The Balaban J connectivity index is 1.69. The number of hydrogen-bond donors (Lipinski definition) is 1. The van der Waals surface area contributed by atoms with Crippen molar-refractivity contribution < 1.29 is 4.74 Å². The van der Waals surface area contributed by atoms with Crippen molar-refractivity contribution in [2.24, 2.45) is 10.4 Å². The Morgan fingerprint density at radius 2 is 2.28 bits per heavy atom. The lowest BCUT2D eigenvalue weighted by Gasteiger charge is -2.33. The zero-order valence-electron chi connectivity index (χ0n) is 11.7. The zero-order chi connectivity index (χ0) is 12.8. The van der Waals surface area contributed by atoms with Crippen molar-refractivity contribution in [3.05, 3.63) is 0 Å². The third-order valence-corrected chi connectivity index (χ3v) is 5.64. The molecule has 0 aromatic rings. The van der Waals surface area contributed by atoms with Gasteiger partial charge >= 0.3 is 0 Å². The molecule has 0 aromatic heterocycles. The molecule has 1 unspecified atom stereocenters. The molecule has 4 heteroatoms. The predicted molar refractivity (Wildman–Crippen MR) is 79.4 cm³/mol. The van der Waals surface area contributed by atoms with Gasteiger partial charge in [0.2, 0.25) is 0 Å². The van der Waals surface area contributed by atoms with Crippen molar-refractivity contribution in [2.75, 3.05) is 25.4 Å². The molecule has 2 heterocycles. The van der Waals surface area contributed by atoms with Crippen molar-refractivity contribution in [3.8, 4) is 0 Å². The molecule has 0 saturated carbocycles. The minimum Gasteiger partial charge on any atom is -0.378 e. The highest BCUT2D eigenvalue weighted by atomic mass is 32.2. The molecule has 1 atom stereocenters. The van der Waals surface area contributed by atoms with E-state index in [1.165, 1.54) is 31.4 Å². The van der Waals surface area contributed by atoms with Crippen molar-refractivity contribution in [1.29, 1.82) is 0 Å². The Bertz CT molecular complexity index is 284. The Morgan fingerprint density at radius 3 is 2.83 bits per heavy atom. The third-order valence-electron chi connectivity index (χ3n) is 4.34. The van der Waals surface area contributed by atoms with E-state index in [4.69, 9.17) is 9.73 Å². The van der Waals surface area contributed by atoms with Gasteiger partial charge in [-0.15, -0.1) is 0 Å². The highest BCUT2D eigenvalue weighted by Gasteiger charge is 2.30. The normalized spacial score (nSPS) is 27.0. The van der Waals surface area contributed by atoms with Crippen LogP contribution in [-0.2, 0) is 4.74 Å². The van der Waals surface area contributed by atoms with Gasteiger partial charge in [-0.25, -0.2) is 0 Å². The van der Waals surface area contributed by atoms with Gasteiger partial charge < -0.3 is 10.1 Å². The minimum absolute atomic E-state index is 0.449. The molecule has 0 spiro atoms. The van der Waals surface area contributed by atoms with Crippen molar-refractivity contribution in [2.45, 2.75) is 52.1 Å². The maximum Gasteiger partial charge on any atom is 0.156 e. The van der Waals surface area contributed by atoms with Crippen molar-refractivity contribution >= 4 is 16.9 Å². The number of hydrogen-bond acceptors (Lipinski definition) is 4. The number of ether oxygens (including phenoxy) is 1. The number of nitrogens with one attached hydrogen (secondary N) is 1. The van der Waals surface area contributed by atoms with E-state index in [0.717, 1.165) is 31.3 Å². The topological polar surface area (TPSA) is 33.6 Å². The Kier molecular flexibility index (Phi) is 5.37. The van der Waals surface area contributed by atoms with E-state index < -0.39 is 0 Å². The summed E-state index contributed by atoms with van der Waals surface area (Å²) in [5, 5.41) is 4.61. The number of amidine groups is 1. The second-order valence-corrected chi connectivity index (χ2v) is 6.43. The van der Waals surface area contributed by atoms with Gasteiger partial charge in [0.1, 0.15) is 0 Å². The van der Waals surface area contributed by atoms with Crippen molar-refractivity contribution in [1.82, 2.24) is 5.32 Å². The molecule has 1 fully saturated rings. The van der Waals surface area contributed by atoms with Gasteiger partial charge in [0.05, 0.1) is 6.10 Å². The van der Waals surface area contributed by atoms with E-state index in [2.05, 4.69) is 19.2 Å². The molecule has 2 aliphatic heterocycles. The summed E-state index contributed by atoms with van der Waals surface area (Å²) in [6, 6.07) is 0. The summed E-state index contributed by atoms with van der Waals surface area (Å²) in [4.78, 5) is 4.72. The molecule has 3 nitrogen and oxygen atoms in total. The molecule has 0 aliphatic carbocycles. The van der Waals surface area contributed by atoms with Gasteiger partial charge in [-0.2, -0.15) is 0 Å². The van der Waals surface area contributed by atoms with Gasteiger partial charge in [-0.3, -0.25) is 4.99 Å². The molecule has 0 bridgehead atoms. The van der Waals surface area contributed by atoms with E-state index in [9.17, 15) is 0 Å². The largest absolute Gasteiger partial charge is 0.378 e. The molecule has 1 N–H and O–H groups in total. The SMILES string of the molecule is CCC1(CC)CN=C(NCCC2CCCO2)SC1. The van der Waals surface area contributed by atoms with E-state index in [0.29, 0.717) is 11.5 Å². The smallest absolute Gasteiger partial charge is 0.156 e. The highest BCUT2D eigenvalue weighted by molar-refractivity contribution is 8.13. The van der Waals surface area contributed by atoms with Crippen LogP contribution in [0.1, 0.15) is 46.0 Å². The highest BCUT2D eigenvalue weighted by Crippen LogP contribution is 2.34. The van der Waals surface area contributed by atoms with Crippen LogP contribution in [0.3, 0.4) is 0 Å². The first-order valence-electron chi connectivity index (χ1n) is 7.31. The molecule has 2 rings (SSSR count). The van der Waals surface area contributed by atoms with Crippen LogP contribution in [0.5, 0.6) is 0 Å². The van der Waals surface area contributed by atoms with Gasteiger partial charge in [0.15, 0.2) is 5.17 Å². The van der Waals surface area contributed by atoms with Crippen LogP contribution in [0.4, 0.5) is 0 Å². The summed E-state index contributed by atoms with van der Waals surface area (Å²) in [6.07, 6.45) is 6.54. The first-order valence-corrected chi connectivity index (χ1v) is 8.29. The Labute approximate surface area is 115 Å². The molecular weight excluding hydrogens is 244 g/mol. The summed E-state index contributed by atoms with van der Waals surface area (Å²) < 4.78 is 5.62. The van der Waals surface area contributed by atoms with E-state index >= 15 is 0 Å². The molecule has 0 amide bonds. The fourth-order valence-electron chi connectivity index (χ4n) is 2.55. The van der Waals surface area contributed by atoms with Crippen LogP contribution in [0, 0.1) is 5.41 Å². The van der Waals surface area contributed by atoms with Gasteiger partial charge in [0.25, 0.3) is 0 Å². The Morgan fingerprint density at radius 1 is 1.44 bits per heavy atom. The number of aliphatic imine (C=N–C) groups is 1. The lowest BCUT2D eigenvalue weighted by atomic mass is 9.84. The number of thioether (sulfide) groups is 1. The van der Waals surface area contributed by atoms with Gasteiger partial charge in [-0.1, -0.05) is 25.6 Å². The molecular formula is C14H26N2OS. The minimum atomic E-state index is 0.449. The summed E-state index contributed by atoms with van der Waals surface area (Å²) in [7, 11) is 0.